The van der Waals surface area contributed by atoms with Gasteiger partial charge in [-0.15, -0.1) is 0 Å². The molecule has 0 aromatic heterocycles. The number of anilines is 1. The number of benzene rings is 1. The van der Waals surface area contributed by atoms with Gasteiger partial charge in [-0.1, -0.05) is 6.07 Å². The summed E-state index contributed by atoms with van der Waals surface area (Å²) < 4.78 is 49.2. The molecule has 0 aliphatic carbocycles. The molecule has 0 aliphatic rings. The van der Waals surface area contributed by atoms with Crippen LogP contribution in [0.15, 0.2) is 18.2 Å². The number of halogens is 4. The average molecular weight is 266 g/mol. The molecule has 0 fully saturated rings. The van der Waals surface area contributed by atoms with Crippen molar-refractivity contribution >= 4 is 11.4 Å². The van der Waals surface area contributed by atoms with Crippen molar-refractivity contribution in [2.24, 2.45) is 0 Å². The van der Waals surface area contributed by atoms with Gasteiger partial charge in [0.25, 0.3) is 5.69 Å². The molecule has 18 heavy (non-hydrogen) atoms. The highest BCUT2D eigenvalue weighted by atomic mass is 19.3. The van der Waals surface area contributed by atoms with Gasteiger partial charge in [0.15, 0.2) is 0 Å². The lowest BCUT2D eigenvalue weighted by Crippen LogP contribution is -2.34. The van der Waals surface area contributed by atoms with Crippen LogP contribution < -0.4 is 5.32 Å². The summed E-state index contributed by atoms with van der Waals surface area (Å²) in [5.41, 5.74) is -0.0607. The molecule has 0 amide bonds. The molecule has 4 nitrogen and oxygen atoms in total. The lowest BCUT2D eigenvalue weighted by molar-refractivity contribution is -0.384. The number of hydrogen-bond acceptors (Lipinski definition) is 3. The third-order valence-electron chi connectivity index (χ3n) is 2.18. The van der Waals surface area contributed by atoms with E-state index in [1.54, 1.807) is 6.92 Å². The zero-order valence-electron chi connectivity index (χ0n) is 9.29. The average Bonchev–Trinajstić information content (AvgIpc) is 2.26. The summed E-state index contributed by atoms with van der Waals surface area (Å²) in [7, 11) is 0. The maximum atomic E-state index is 12.7. The van der Waals surface area contributed by atoms with Gasteiger partial charge in [-0.3, -0.25) is 10.1 Å². The van der Waals surface area contributed by atoms with Crippen LogP contribution in [-0.4, -0.2) is 23.8 Å². The summed E-state index contributed by atoms with van der Waals surface area (Å²) in [5.74, 6) is -4.24. The van der Waals surface area contributed by atoms with Crippen LogP contribution in [0.5, 0.6) is 0 Å². The smallest absolute Gasteiger partial charge is 0.324 e. The molecule has 0 aliphatic heterocycles. The maximum Gasteiger partial charge on any atom is 0.324 e. The maximum absolute atomic E-state index is 12.7. The van der Waals surface area contributed by atoms with Crippen LogP contribution in [-0.2, 0) is 0 Å². The second-order valence-electron chi connectivity index (χ2n) is 3.69. The Labute approximate surface area is 99.8 Å². The molecule has 1 rings (SSSR count). The first-order valence-electron chi connectivity index (χ1n) is 4.89. The zero-order chi connectivity index (χ0) is 13.9. The normalized spacial score (nSPS) is 11.7. The third-order valence-corrected chi connectivity index (χ3v) is 2.18. The van der Waals surface area contributed by atoms with Crippen LogP contribution in [0.1, 0.15) is 5.56 Å². The predicted molar refractivity (Wildman–Crippen MR) is 57.3 cm³/mol. The monoisotopic (exact) mass is 266 g/mol. The molecular formula is C10H10F4N2O2. The largest absolute Gasteiger partial charge is 0.373 e. The van der Waals surface area contributed by atoms with Crippen LogP contribution in [0, 0.1) is 17.0 Å². The number of nitrogens with one attached hydrogen (secondary N) is 1. The van der Waals surface area contributed by atoms with E-state index in [0.29, 0.717) is 5.56 Å². The van der Waals surface area contributed by atoms with E-state index >= 15 is 0 Å². The zero-order valence-corrected chi connectivity index (χ0v) is 9.29. The van der Waals surface area contributed by atoms with Gasteiger partial charge in [0.2, 0.25) is 0 Å². The molecule has 0 unspecified atom stereocenters. The van der Waals surface area contributed by atoms with Crippen LogP contribution in [0.3, 0.4) is 0 Å². The van der Waals surface area contributed by atoms with E-state index in [0.717, 1.165) is 6.07 Å². The molecule has 0 radical (unpaired) electrons. The van der Waals surface area contributed by atoms with E-state index in [1.807, 2.05) is 5.32 Å². The van der Waals surface area contributed by atoms with Gasteiger partial charge in [-0.25, -0.2) is 8.78 Å². The van der Waals surface area contributed by atoms with Crippen LogP contribution in [0.25, 0.3) is 0 Å². The summed E-state index contributed by atoms with van der Waals surface area (Å²) in [6, 6.07) is 3.80. The number of rotatable bonds is 5. The molecule has 100 valence electrons. The summed E-state index contributed by atoms with van der Waals surface area (Å²) in [6.07, 6.45) is -3.83. The topological polar surface area (TPSA) is 55.2 Å². The van der Waals surface area contributed by atoms with Crippen molar-refractivity contribution in [3.8, 4) is 0 Å². The number of nitro benzene ring substituents is 1. The van der Waals surface area contributed by atoms with Gasteiger partial charge >= 0.3 is 12.3 Å². The summed E-state index contributed by atoms with van der Waals surface area (Å²) >= 11 is 0. The van der Waals surface area contributed by atoms with Crippen molar-refractivity contribution in [3.05, 3.63) is 33.9 Å². The molecule has 0 saturated heterocycles. The summed E-state index contributed by atoms with van der Waals surface area (Å²) in [4.78, 5) is 9.85. The number of nitrogens with zero attached hydrogens (tertiary/aromatic N) is 1. The number of hydrogen-bond donors (Lipinski definition) is 1. The highest BCUT2D eigenvalue weighted by Gasteiger charge is 2.40. The minimum Gasteiger partial charge on any atom is -0.373 e. The molecule has 8 heteroatoms. The van der Waals surface area contributed by atoms with Crippen molar-refractivity contribution in [1.29, 1.82) is 0 Å². The van der Waals surface area contributed by atoms with Gasteiger partial charge in [0.1, 0.15) is 5.69 Å². The van der Waals surface area contributed by atoms with Crippen molar-refractivity contribution in [3.63, 3.8) is 0 Å². The molecule has 1 N–H and O–H groups in total. The minimum absolute atomic E-state index is 0.208. The van der Waals surface area contributed by atoms with E-state index < -0.39 is 29.5 Å². The molecule has 0 atom stereocenters. The summed E-state index contributed by atoms with van der Waals surface area (Å²) in [5, 5.41) is 12.6. The molecule has 0 bridgehead atoms. The Morgan fingerprint density at radius 1 is 1.44 bits per heavy atom. The number of aryl methyl sites for hydroxylation is 1. The molecule has 0 heterocycles. The Balaban J connectivity index is 2.90. The van der Waals surface area contributed by atoms with Gasteiger partial charge < -0.3 is 5.32 Å². The second kappa shape index (κ2) is 5.19. The highest BCUT2D eigenvalue weighted by molar-refractivity contribution is 5.62. The quantitative estimate of drug-likeness (QED) is 0.505. The van der Waals surface area contributed by atoms with Gasteiger partial charge in [-0.05, 0) is 18.6 Å². The third kappa shape index (κ3) is 3.31. The fraction of sp³-hybridized carbons (Fsp3) is 0.400. The lowest BCUT2D eigenvalue weighted by atomic mass is 10.2. The minimum atomic E-state index is -4.24. The van der Waals surface area contributed by atoms with Crippen LogP contribution >= 0.6 is 0 Å². The van der Waals surface area contributed by atoms with Crippen molar-refractivity contribution in [2.75, 3.05) is 11.9 Å². The second-order valence-corrected chi connectivity index (χ2v) is 3.69. The van der Waals surface area contributed by atoms with Crippen molar-refractivity contribution in [2.45, 2.75) is 19.3 Å². The van der Waals surface area contributed by atoms with E-state index in [2.05, 4.69) is 0 Å². The van der Waals surface area contributed by atoms with Crippen LogP contribution in [0.2, 0.25) is 0 Å². The molecular weight excluding hydrogens is 256 g/mol. The molecule has 0 spiro atoms. The molecule has 1 aromatic rings. The molecule has 0 saturated carbocycles. The lowest BCUT2D eigenvalue weighted by Gasteiger charge is -2.16. The Hall–Kier alpha value is -1.86. The van der Waals surface area contributed by atoms with Crippen LogP contribution in [0.4, 0.5) is 28.9 Å². The number of alkyl halides is 4. The Morgan fingerprint density at radius 2 is 2.06 bits per heavy atom. The van der Waals surface area contributed by atoms with Crippen molar-refractivity contribution in [1.82, 2.24) is 0 Å². The standard InChI is InChI=1S/C10H10F4N2O2/c1-6-2-3-8(16(17)18)7(4-6)15-5-10(13,14)9(11)12/h2-4,9,15H,5H2,1H3. The van der Waals surface area contributed by atoms with Crippen molar-refractivity contribution < 1.29 is 22.5 Å². The van der Waals surface area contributed by atoms with Gasteiger partial charge in [-0.2, -0.15) is 8.78 Å². The number of nitro groups is 1. The van der Waals surface area contributed by atoms with E-state index in [4.69, 9.17) is 0 Å². The Morgan fingerprint density at radius 3 is 2.56 bits per heavy atom. The van der Waals surface area contributed by atoms with Gasteiger partial charge in [0, 0.05) is 6.07 Å². The Bertz CT molecular complexity index is 452. The SMILES string of the molecule is Cc1ccc([N+](=O)[O-])c(NCC(F)(F)C(F)F)c1. The summed E-state index contributed by atoms with van der Waals surface area (Å²) in [6.45, 7) is 0.231. The fourth-order valence-electron chi connectivity index (χ4n) is 1.24. The van der Waals surface area contributed by atoms with E-state index in [-0.39, 0.29) is 5.69 Å². The first kappa shape index (κ1) is 14.2. The highest BCUT2D eigenvalue weighted by Crippen LogP contribution is 2.28. The molecule has 1 aromatic carbocycles. The fourth-order valence-corrected chi connectivity index (χ4v) is 1.24. The van der Waals surface area contributed by atoms with Gasteiger partial charge in [0.05, 0.1) is 11.5 Å². The van der Waals surface area contributed by atoms with E-state index in [1.165, 1.54) is 12.1 Å². The Kier molecular flexibility index (Phi) is 4.10. The predicted octanol–water partition coefficient (Wildman–Crippen LogP) is 3.22. The van der Waals surface area contributed by atoms with E-state index in [9.17, 15) is 27.7 Å². The first-order valence-corrected chi connectivity index (χ1v) is 4.89. The first-order chi connectivity index (χ1) is 8.24.